The summed E-state index contributed by atoms with van der Waals surface area (Å²) in [5, 5.41) is 6.75. The molecule has 2 aromatic heterocycles. The molecule has 0 aliphatic rings. The lowest BCUT2D eigenvalue weighted by atomic mass is 10.0. The largest absolute Gasteiger partial charge is 0.341 e. The van der Waals surface area contributed by atoms with E-state index in [1.807, 2.05) is 39.1 Å². The van der Waals surface area contributed by atoms with E-state index in [0.29, 0.717) is 23.7 Å². The molecular formula is C21H25N5O2. The topological polar surface area (TPSA) is 93.8 Å². The molecule has 28 heavy (non-hydrogen) atoms. The molecule has 1 atom stereocenters. The first-order valence-electron chi connectivity index (χ1n) is 9.58. The summed E-state index contributed by atoms with van der Waals surface area (Å²) in [6.45, 7) is 7.78. The molecule has 0 fully saturated rings. The number of nitrogens with zero attached hydrogens (tertiary/aromatic N) is 4. The summed E-state index contributed by atoms with van der Waals surface area (Å²) in [4.78, 5) is 25.7. The molecule has 1 amide bonds. The molecule has 0 saturated heterocycles. The second-order valence-electron chi connectivity index (χ2n) is 6.72. The van der Waals surface area contributed by atoms with Crippen molar-refractivity contribution < 1.29 is 9.32 Å². The Kier molecular flexibility index (Phi) is 6.13. The van der Waals surface area contributed by atoms with E-state index in [1.165, 1.54) is 0 Å². The zero-order valence-corrected chi connectivity index (χ0v) is 16.7. The minimum Gasteiger partial charge on any atom is -0.341 e. The fourth-order valence-corrected chi connectivity index (χ4v) is 2.91. The van der Waals surface area contributed by atoms with Gasteiger partial charge in [0.15, 0.2) is 5.82 Å². The van der Waals surface area contributed by atoms with E-state index in [-0.39, 0.29) is 11.9 Å². The second-order valence-corrected chi connectivity index (χ2v) is 6.72. The standard InChI is InChI=1S/C21H25N5O2/c1-5-7-17-12-22-14(4)24-19(17)15-8-10-16(11-9-15)20(27)23-13(3)21-25-18(6-2)26-28-21/h8-13H,5-7H2,1-4H3,(H,23,27)/t13-/m1/s1. The summed E-state index contributed by atoms with van der Waals surface area (Å²) >= 11 is 0. The lowest BCUT2D eigenvalue weighted by Gasteiger charge is -2.11. The average Bonchev–Trinajstić information content (AvgIpc) is 3.19. The summed E-state index contributed by atoms with van der Waals surface area (Å²) in [7, 11) is 0. The average molecular weight is 379 g/mol. The van der Waals surface area contributed by atoms with Gasteiger partial charge in [-0.05, 0) is 38.0 Å². The van der Waals surface area contributed by atoms with Crippen molar-refractivity contribution >= 4 is 5.91 Å². The van der Waals surface area contributed by atoms with Gasteiger partial charge in [0.05, 0.1) is 5.69 Å². The van der Waals surface area contributed by atoms with E-state index in [9.17, 15) is 4.79 Å². The number of carbonyl (C=O) groups excluding carboxylic acids is 1. The number of benzene rings is 1. The summed E-state index contributed by atoms with van der Waals surface area (Å²) in [5.74, 6) is 1.57. The Labute approximate surface area is 164 Å². The maximum Gasteiger partial charge on any atom is 0.251 e. The van der Waals surface area contributed by atoms with Gasteiger partial charge in [0, 0.05) is 23.7 Å². The monoisotopic (exact) mass is 379 g/mol. The summed E-state index contributed by atoms with van der Waals surface area (Å²) in [6, 6.07) is 7.08. The lowest BCUT2D eigenvalue weighted by Crippen LogP contribution is -2.26. The summed E-state index contributed by atoms with van der Waals surface area (Å²) < 4.78 is 5.19. The van der Waals surface area contributed by atoms with Gasteiger partial charge in [-0.1, -0.05) is 37.6 Å². The fourth-order valence-electron chi connectivity index (χ4n) is 2.91. The highest BCUT2D eigenvalue weighted by Gasteiger charge is 2.17. The number of aryl methyl sites for hydroxylation is 3. The number of aromatic nitrogens is 4. The van der Waals surface area contributed by atoms with Crippen LogP contribution in [0.25, 0.3) is 11.3 Å². The van der Waals surface area contributed by atoms with Crippen LogP contribution in [-0.2, 0) is 12.8 Å². The normalized spacial score (nSPS) is 12.0. The van der Waals surface area contributed by atoms with Crippen LogP contribution in [0.4, 0.5) is 0 Å². The Bertz CT molecular complexity index is 950. The van der Waals surface area contributed by atoms with Gasteiger partial charge in [-0.3, -0.25) is 4.79 Å². The maximum absolute atomic E-state index is 12.5. The molecule has 0 bridgehead atoms. The van der Waals surface area contributed by atoms with Crippen LogP contribution in [0.15, 0.2) is 35.0 Å². The second kappa shape index (κ2) is 8.73. The number of rotatable bonds is 7. The van der Waals surface area contributed by atoms with Crippen LogP contribution in [0.1, 0.15) is 66.7 Å². The van der Waals surface area contributed by atoms with Gasteiger partial charge in [0.2, 0.25) is 5.89 Å². The molecule has 0 unspecified atom stereocenters. The zero-order valence-electron chi connectivity index (χ0n) is 16.7. The molecule has 1 aromatic carbocycles. The quantitative estimate of drug-likeness (QED) is 0.670. The number of hydrogen-bond acceptors (Lipinski definition) is 6. The van der Waals surface area contributed by atoms with Crippen LogP contribution in [0.2, 0.25) is 0 Å². The molecule has 0 radical (unpaired) electrons. The molecule has 1 N–H and O–H groups in total. The Morgan fingerprint density at radius 1 is 1.18 bits per heavy atom. The molecule has 3 aromatic rings. The molecule has 3 rings (SSSR count). The third-order valence-electron chi connectivity index (χ3n) is 4.44. The SMILES string of the molecule is CCCc1cnc(C)nc1-c1ccc(C(=O)N[C@H](C)c2nc(CC)no2)cc1. The molecule has 7 nitrogen and oxygen atoms in total. The van der Waals surface area contributed by atoms with Gasteiger partial charge in [0.25, 0.3) is 5.91 Å². The van der Waals surface area contributed by atoms with E-state index in [2.05, 4.69) is 32.3 Å². The van der Waals surface area contributed by atoms with Crippen molar-refractivity contribution in [2.24, 2.45) is 0 Å². The van der Waals surface area contributed by atoms with Gasteiger partial charge in [-0.2, -0.15) is 4.98 Å². The molecule has 0 aliphatic heterocycles. The van der Waals surface area contributed by atoms with Gasteiger partial charge < -0.3 is 9.84 Å². The minimum atomic E-state index is -0.361. The Balaban J connectivity index is 1.75. The van der Waals surface area contributed by atoms with Crippen molar-refractivity contribution in [1.82, 2.24) is 25.4 Å². The summed E-state index contributed by atoms with van der Waals surface area (Å²) in [6.07, 6.45) is 4.51. The predicted octanol–water partition coefficient (Wildman–Crippen LogP) is 3.84. The predicted molar refractivity (Wildman–Crippen MR) is 106 cm³/mol. The molecule has 0 aliphatic carbocycles. The van der Waals surface area contributed by atoms with E-state index in [0.717, 1.165) is 35.5 Å². The first-order valence-corrected chi connectivity index (χ1v) is 9.58. The van der Waals surface area contributed by atoms with Crippen LogP contribution in [0.5, 0.6) is 0 Å². The van der Waals surface area contributed by atoms with Crippen molar-refractivity contribution in [2.45, 2.75) is 53.0 Å². The van der Waals surface area contributed by atoms with Crippen molar-refractivity contribution in [3.8, 4) is 11.3 Å². The Morgan fingerprint density at radius 3 is 2.57 bits per heavy atom. The van der Waals surface area contributed by atoms with Gasteiger partial charge in [-0.15, -0.1) is 0 Å². The molecule has 0 spiro atoms. The van der Waals surface area contributed by atoms with Crippen molar-refractivity contribution in [1.29, 1.82) is 0 Å². The van der Waals surface area contributed by atoms with E-state index in [4.69, 9.17) is 4.52 Å². The van der Waals surface area contributed by atoms with Crippen LogP contribution in [0, 0.1) is 6.92 Å². The van der Waals surface area contributed by atoms with Crippen LogP contribution in [0.3, 0.4) is 0 Å². The van der Waals surface area contributed by atoms with E-state index < -0.39 is 0 Å². The smallest absolute Gasteiger partial charge is 0.251 e. The molecule has 146 valence electrons. The Hall–Kier alpha value is -3.09. The third kappa shape index (κ3) is 4.42. The molecule has 7 heteroatoms. The van der Waals surface area contributed by atoms with Crippen molar-refractivity contribution in [3.63, 3.8) is 0 Å². The maximum atomic E-state index is 12.5. The Morgan fingerprint density at radius 2 is 1.93 bits per heavy atom. The lowest BCUT2D eigenvalue weighted by molar-refractivity contribution is 0.0932. The van der Waals surface area contributed by atoms with Gasteiger partial charge in [0.1, 0.15) is 11.9 Å². The van der Waals surface area contributed by atoms with E-state index >= 15 is 0 Å². The van der Waals surface area contributed by atoms with Crippen LogP contribution >= 0.6 is 0 Å². The van der Waals surface area contributed by atoms with Crippen LogP contribution in [-0.4, -0.2) is 26.0 Å². The van der Waals surface area contributed by atoms with E-state index in [1.54, 1.807) is 12.1 Å². The highest BCUT2D eigenvalue weighted by Crippen LogP contribution is 2.23. The highest BCUT2D eigenvalue weighted by atomic mass is 16.5. The molecular weight excluding hydrogens is 354 g/mol. The number of carbonyl (C=O) groups is 1. The number of amides is 1. The minimum absolute atomic E-state index is 0.192. The van der Waals surface area contributed by atoms with Crippen molar-refractivity contribution in [2.75, 3.05) is 0 Å². The zero-order chi connectivity index (χ0) is 20.1. The molecule has 0 saturated carbocycles. The third-order valence-corrected chi connectivity index (χ3v) is 4.44. The highest BCUT2D eigenvalue weighted by molar-refractivity contribution is 5.94. The fraction of sp³-hybridized carbons (Fsp3) is 0.381. The van der Waals surface area contributed by atoms with Crippen molar-refractivity contribution in [3.05, 3.63) is 59.1 Å². The molecule has 2 heterocycles. The summed E-state index contributed by atoms with van der Waals surface area (Å²) in [5.41, 5.74) is 3.58. The van der Waals surface area contributed by atoms with Gasteiger partial charge in [-0.25, -0.2) is 9.97 Å². The van der Waals surface area contributed by atoms with Crippen LogP contribution < -0.4 is 5.32 Å². The first kappa shape index (κ1) is 19.7. The number of hydrogen-bond donors (Lipinski definition) is 1. The number of nitrogens with one attached hydrogen (secondary N) is 1. The van der Waals surface area contributed by atoms with Gasteiger partial charge >= 0.3 is 0 Å². The first-order chi connectivity index (χ1) is 13.5.